The molecule has 1 amide bonds. The number of carbonyl (C=O) groups excluding carboxylic acids is 2. The lowest BCUT2D eigenvalue weighted by Crippen LogP contribution is -2.49. The van der Waals surface area contributed by atoms with Crippen LogP contribution in [0, 0.1) is 0 Å². The number of amides is 1. The number of unbranched alkanes of at least 4 members (excludes halogenated alkanes) is 1. The molecular weight excluding hydrogens is 421 g/mol. The largest absolute Gasteiger partial charge is 0.480 e. The van der Waals surface area contributed by atoms with Crippen molar-refractivity contribution >= 4 is 53.1 Å². The summed E-state index contributed by atoms with van der Waals surface area (Å²) < 4.78 is 4.84. The molecule has 0 aromatic carbocycles. The first-order valence-corrected chi connectivity index (χ1v) is 9.24. The van der Waals surface area contributed by atoms with Gasteiger partial charge >= 0.3 is 11.9 Å². The van der Waals surface area contributed by atoms with Crippen molar-refractivity contribution in [2.45, 2.75) is 49.8 Å². The second-order valence-electron chi connectivity index (χ2n) is 5.56. The minimum absolute atomic E-state index is 0.165. The summed E-state index contributed by atoms with van der Waals surface area (Å²) in [5, 5.41) is 9.14. The monoisotopic (exact) mass is 443 g/mol. The highest BCUT2D eigenvalue weighted by Gasteiger charge is 2.42. The van der Waals surface area contributed by atoms with Crippen molar-refractivity contribution in [3.63, 3.8) is 0 Å². The van der Waals surface area contributed by atoms with Crippen LogP contribution in [0.2, 0.25) is 0 Å². The molecule has 1 fully saturated rings. The fraction of sp³-hybridized carbons (Fsp3) is 0.786. The van der Waals surface area contributed by atoms with Crippen LogP contribution in [0.15, 0.2) is 0 Å². The van der Waals surface area contributed by atoms with Crippen molar-refractivity contribution in [3.8, 4) is 0 Å². The summed E-state index contributed by atoms with van der Waals surface area (Å²) in [6.07, 6.45) is 2.68. The first-order chi connectivity index (χ1) is 10.3. The van der Waals surface area contributed by atoms with Crippen LogP contribution in [0.1, 0.15) is 39.0 Å². The lowest BCUT2D eigenvalue weighted by Gasteiger charge is -2.30. The number of hydrogen-bond donors (Lipinski definition) is 2. The van der Waals surface area contributed by atoms with Gasteiger partial charge < -0.3 is 14.7 Å². The standard InChI is InChI=1S/C14H22INO5S/c1-14(22,9-11(17)21-8-3-2-6-15)13(20)16-7-4-5-10(16)12(18)19/h10,22H,2-9H2,1H3,(H,18,19)/t10-,14-/m0/s1. The Bertz CT molecular complexity index is 429. The number of likely N-dealkylation sites (tertiary alicyclic amines) is 1. The van der Waals surface area contributed by atoms with Gasteiger partial charge in [0.15, 0.2) is 0 Å². The van der Waals surface area contributed by atoms with Crippen molar-refractivity contribution in [3.05, 3.63) is 0 Å². The number of carboxylic acids is 1. The molecule has 0 radical (unpaired) electrons. The molecule has 0 saturated carbocycles. The zero-order valence-corrected chi connectivity index (χ0v) is 15.6. The van der Waals surface area contributed by atoms with E-state index < -0.39 is 28.6 Å². The van der Waals surface area contributed by atoms with Crippen LogP contribution >= 0.6 is 35.2 Å². The van der Waals surface area contributed by atoms with E-state index in [1.165, 1.54) is 11.8 Å². The molecule has 1 aliphatic heterocycles. The third kappa shape index (κ3) is 5.60. The number of carbonyl (C=O) groups is 3. The van der Waals surface area contributed by atoms with E-state index in [2.05, 4.69) is 35.2 Å². The number of ether oxygens (including phenoxy) is 1. The minimum atomic E-state index is -1.25. The van der Waals surface area contributed by atoms with Crippen LogP contribution in [-0.2, 0) is 19.1 Å². The summed E-state index contributed by atoms with van der Waals surface area (Å²) in [4.78, 5) is 36.7. The van der Waals surface area contributed by atoms with E-state index in [-0.39, 0.29) is 6.42 Å². The molecule has 126 valence electrons. The summed E-state index contributed by atoms with van der Waals surface area (Å²) in [5.41, 5.74) is 0. The second kappa shape index (κ2) is 8.95. The quantitative estimate of drug-likeness (QED) is 0.197. The van der Waals surface area contributed by atoms with Gasteiger partial charge in [0.05, 0.1) is 17.8 Å². The Hall–Kier alpha value is -0.510. The first-order valence-electron chi connectivity index (χ1n) is 7.27. The zero-order valence-electron chi connectivity index (χ0n) is 12.6. The van der Waals surface area contributed by atoms with Gasteiger partial charge in [-0.3, -0.25) is 9.59 Å². The van der Waals surface area contributed by atoms with Crippen molar-refractivity contribution < 1.29 is 24.2 Å². The molecule has 2 atom stereocenters. The maximum atomic E-state index is 12.5. The average Bonchev–Trinajstić information content (AvgIpc) is 2.91. The smallest absolute Gasteiger partial charge is 0.326 e. The summed E-state index contributed by atoms with van der Waals surface area (Å²) >= 11 is 6.54. The number of thiol groups is 1. The van der Waals surface area contributed by atoms with E-state index in [9.17, 15) is 14.4 Å². The SMILES string of the molecule is C[C@](S)(CC(=O)OCCCCI)C(=O)N1CCC[C@H]1C(=O)O. The van der Waals surface area contributed by atoms with Crippen molar-refractivity contribution in [1.29, 1.82) is 0 Å². The molecular formula is C14H22INO5S. The van der Waals surface area contributed by atoms with Crippen molar-refractivity contribution in [2.24, 2.45) is 0 Å². The number of halogens is 1. The van der Waals surface area contributed by atoms with Gasteiger partial charge in [-0.05, 0) is 37.0 Å². The molecule has 0 aromatic heterocycles. The van der Waals surface area contributed by atoms with Gasteiger partial charge in [0, 0.05) is 6.54 Å². The van der Waals surface area contributed by atoms with Gasteiger partial charge in [-0.2, -0.15) is 12.6 Å². The van der Waals surface area contributed by atoms with E-state index in [0.29, 0.717) is 26.0 Å². The number of hydrogen-bond acceptors (Lipinski definition) is 5. The molecule has 0 spiro atoms. The molecule has 0 unspecified atom stereocenters. The lowest BCUT2D eigenvalue weighted by molar-refractivity contribution is -0.151. The first kappa shape index (κ1) is 19.5. The number of alkyl halides is 1. The highest BCUT2D eigenvalue weighted by atomic mass is 127. The van der Waals surface area contributed by atoms with E-state index in [0.717, 1.165) is 17.3 Å². The molecule has 0 bridgehead atoms. The maximum absolute atomic E-state index is 12.5. The van der Waals surface area contributed by atoms with Gasteiger partial charge in [-0.25, -0.2) is 4.79 Å². The summed E-state index contributed by atoms with van der Waals surface area (Å²) in [5.74, 6) is -1.92. The Kier molecular flexibility index (Phi) is 7.95. The molecule has 8 heteroatoms. The molecule has 0 aromatic rings. The lowest BCUT2D eigenvalue weighted by atomic mass is 10.0. The topological polar surface area (TPSA) is 83.9 Å². The third-order valence-corrected chi connectivity index (χ3v) is 4.65. The Morgan fingerprint density at radius 1 is 1.41 bits per heavy atom. The zero-order chi connectivity index (χ0) is 16.8. The van der Waals surface area contributed by atoms with Gasteiger partial charge in [0.2, 0.25) is 5.91 Å². The minimum Gasteiger partial charge on any atom is -0.480 e. The van der Waals surface area contributed by atoms with Crippen LogP contribution in [0.3, 0.4) is 0 Å². The Balaban J connectivity index is 2.55. The summed E-state index contributed by atoms with van der Waals surface area (Å²) in [6, 6.07) is -0.821. The van der Waals surface area contributed by atoms with E-state index in [1.807, 2.05) is 0 Å². The Labute approximate surface area is 149 Å². The Morgan fingerprint density at radius 2 is 2.09 bits per heavy atom. The summed E-state index contributed by atoms with van der Waals surface area (Å²) in [7, 11) is 0. The summed E-state index contributed by atoms with van der Waals surface area (Å²) in [6.45, 7) is 2.25. The second-order valence-corrected chi connectivity index (χ2v) is 7.63. The predicted molar refractivity (Wildman–Crippen MR) is 93.5 cm³/mol. The molecule has 0 aliphatic carbocycles. The van der Waals surface area contributed by atoms with E-state index >= 15 is 0 Å². The predicted octanol–water partition coefficient (Wildman–Crippen LogP) is 1.90. The Morgan fingerprint density at radius 3 is 2.68 bits per heavy atom. The molecule has 22 heavy (non-hydrogen) atoms. The van der Waals surface area contributed by atoms with Crippen LogP contribution in [-0.4, -0.2) is 56.2 Å². The van der Waals surface area contributed by atoms with Crippen molar-refractivity contribution in [1.82, 2.24) is 4.90 Å². The number of esters is 1. The van der Waals surface area contributed by atoms with Crippen LogP contribution in [0.25, 0.3) is 0 Å². The van der Waals surface area contributed by atoms with Crippen molar-refractivity contribution in [2.75, 3.05) is 17.6 Å². The van der Waals surface area contributed by atoms with Gasteiger partial charge in [0.25, 0.3) is 0 Å². The molecule has 1 rings (SSSR count). The number of nitrogens with zero attached hydrogens (tertiary/aromatic N) is 1. The van der Waals surface area contributed by atoms with Gasteiger partial charge in [-0.1, -0.05) is 22.6 Å². The van der Waals surface area contributed by atoms with Crippen LogP contribution in [0.5, 0.6) is 0 Å². The van der Waals surface area contributed by atoms with Crippen LogP contribution in [0.4, 0.5) is 0 Å². The van der Waals surface area contributed by atoms with Crippen LogP contribution < -0.4 is 0 Å². The number of aliphatic carboxylic acids is 1. The highest BCUT2D eigenvalue weighted by molar-refractivity contribution is 14.1. The number of carboxylic acid groups (broad SMARTS) is 1. The molecule has 1 saturated heterocycles. The highest BCUT2D eigenvalue weighted by Crippen LogP contribution is 2.27. The fourth-order valence-corrected chi connectivity index (χ4v) is 3.16. The molecule has 1 N–H and O–H groups in total. The average molecular weight is 443 g/mol. The normalized spacial score (nSPS) is 20.5. The van der Waals surface area contributed by atoms with Gasteiger partial charge in [-0.15, -0.1) is 0 Å². The third-order valence-electron chi connectivity index (χ3n) is 3.54. The van der Waals surface area contributed by atoms with Gasteiger partial charge in [0.1, 0.15) is 6.04 Å². The molecule has 1 aliphatic rings. The number of rotatable bonds is 8. The van der Waals surface area contributed by atoms with E-state index in [4.69, 9.17) is 9.84 Å². The molecule has 6 nitrogen and oxygen atoms in total. The molecule has 1 heterocycles. The maximum Gasteiger partial charge on any atom is 0.326 e. The fourth-order valence-electron chi connectivity index (χ4n) is 2.37. The van der Waals surface area contributed by atoms with E-state index in [1.54, 1.807) is 0 Å².